The number of sulfone groups is 1. The van der Waals surface area contributed by atoms with Crippen LogP contribution < -0.4 is 5.32 Å². The van der Waals surface area contributed by atoms with E-state index in [0.29, 0.717) is 17.0 Å². The Balaban J connectivity index is 2.30. The number of aliphatic hydroxyl groups is 2. The van der Waals surface area contributed by atoms with Crippen LogP contribution in [0.2, 0.25) is 10.0 Å². The second-order valence-electron chi connectivity index (χ2n) is 6.21. The topological polar surface area (TPSA) is 104 Å². The van der Waals surface area contributed by atoms with Gasteiger partial charge in [-0.2, -0.15) is 0 Å². The Kier molecular flexibility index (Phi) is 7.86. The number of hydrogen-bond donors (Lipinski definition) is 3. The Morgan fingerprint density at radius 2 is 1.79 bits per heavy atom. The summed E-state index contributed by atoms with van der Waals surface area (Å²) < 4.78 is 24.3. The van der Waals surface area contributed by atoms with Crippen molar-refractivity contribution < 1.29 is 23.4 Å². The van der Waals surface area contributed by atoms with Crippen LogP contribution in [0.5, 0.6) is 0 Å². The number of halogens is 2. The van der Waals surface area contributed by atoms with Gasteiger partial charge in [0.05, 0.1) is 33.9 Å². The summed E-state index contributed by atoms with van der Waals surface area (Å²) in [5.74, 6) is -0.539. The van der Waals surface area contributed by atoms with Crippen molar-refractivity contribution in [3.63, 3.8) is 0 Å². The molecule has 0 aliphatic heterocycles. The molecular formula is C19H21Cl2NO5S. The van der Waals surface area contributed by atoms with E-state index in [1.165, 1.54) is 42.5 Å². The Morgan fingerprint density at radius 3 is 2.32 bits per heavy atom. The van der Waals surface area contributed by atoms with Gasteiger partial charge in [0.2, 0.25) is 0 Å². The van der Waals surface area contributed by atoms with Gasteiger partial charge in [0.25, 0.3) is 5.91 Å². The smallest absolute Gasteiger partial charge is 0.253 e. The number of aliphatic hydroxyl groups excluding tert-OH is 2. The molecule has 28 heavy (non-hydrogen) atoms. The van der Waals surface area contributed by atoms with Gasteiger partial charge in [0.15, 0.2) is 9.84 Å². The third kappa shape index (κ3) is 5.46. The SMILES string of the molecule is CCCS(=O)(=O)c1ccc(C(NC(=O)c2ccc(Cl)cc2Cl)C(O)CO)cc1. The minimum Gasteiger partial charge on any atom is -0.394 e. The van der Waals surface area contributed by atoms with Gasteiger partial charge in [-0.3, -0.25) is 4.79 Å². The van der Waals surface area contributed by atoms with Gasteiger partial charge in [-0.1, -0.05) is 42.3 Å². The van der Waals surface area contributed by atoms with Crippen molar-refractivity contribution in [3.05, 3.63) is 63.6 Å². The van der Waals surface area contributed by atoms with Crippen molar-refractivity contribution in [2.75, 3.05) is 12.4 Å². The molecule has 0 heterocycles. The summed E-state index contributed by atoms with van der Waals surface area (Å²) in [5.41, 5.74) is 0.596. The van der Waals surface area contributed by atoms with Crippen molar-refractivity contribution in [3.8, 4) is 0 Å². The van der Waals surface area contributed by atoms with E-state index in [1.807, 2.05) is 0 Å². The van der Waals surface area contributed by atoms with Gasteiger partial charge >= 0.3 is 0 Å². The molecule has 0 saturated heterocycles. The highest BCUT2D eigenvalue weighted by atomic mass is 35.5. The van der Waals surface area contributed by atoms with Crippen LogP contribution in [0, 0.1) is 0 Å². The average Bonchev–Trinajstić information content (AvgIpc) is 2.65. The maximum Gasteiger partial charge on any atom is 0.253 e. The molecule has 1 amide bonds. The van der Waals surface area contributed by atoms with E-state index in [0.717, 1.165) is 0 Å². The monoisotopic (exact) mass is 445 g/mol. The number of benzene rings is 2. The van der Waals surface area contributed by atoms with Crippen molar-refractivity contribution in [1.82, 2.24) is 5.32 Å². The standard InChI is InChI=1S/C19H21Cl2NO5S/c1-2-9-28(26,27)14-6-3-12(4-7-14)18(17(24)11-23)22-19(25)15-8-5-13(20)10-16(15)21/h3-8,10,17-18,23-24H,2,9,11H2,1H3,(H,22,25). The molecular weight excluding hydrogens is 425 g/mol. The van der Waals surface area contributed by atoms with Crippen LogP contribution in [0.25, 0.3) is 0 Å². The predicted molar refractivity (Wildman–Crippen MR) is 109 cm³/mol. The fourth-order valence-corrected chi connectivity index (χ4v) is 4.49. The highest BCUT2D eigenvalue weighted by Gasteiger charge is 2.25. The van der Waals surface area contributed by atoms with E-state index in [2.05, 4.69) is 5.32 Å². The lowest BCUT2D eigenvalue weighted by Crippen LogP contribution is -2.38. The largest absolute Gasteiger partial charge is 0.394 e. The third-order valence-corrected chi connectivity index (χ3v) is 6.59. The maximum atomic E-state index is 12.6. The number of amides is 1. The van der Waals surface area contributed by atoms with E-state index in [9.17, 15) is 23.4 Å². The van der Waals surface area contributed by atoms with Crippen LogP contribution in [0.3, 0.4) is 0 Å². The number of carbonyl (C=O) groups is 1. The first-order valence-electron chi connectivity index (χ1n) is 8.57. The van der Waals surface area contributed by atoms with Crippen LogP contribution in [0.15, 0.2) is 47.4 Å². The fraction of sp³-hybridized carbons (Fsp3) is 0.316. The van der Waals surface area contributed by atoms with Crippen molar-refractivity contribution >= 4 is 38.9 Å². The minimum atomic E-state index is -3.38. The molecule has 0 fully saturated rings. The molecule has 0 aromatic heterocycles. The van der Waals surface area contributed by atoms with Crippen molar-refractivity contribution in [1.29, 1.82) is 0 Å². The summed E-state index contributed by atoms with van der Waals surface area (Å²) in [6, 6.07) is 9.23. The first kappa shape index (κ1) is 22.6. The molecule has 0 radical (unpaired) electrons. The summed E-state index contributed by atoms with van der Waals surface area (Å²) >= 11 is 11.9. The molecule has 6 nitrogen and oxygen atoms in total. The molecule has 9 heteroatoms. The second kappa shape index (κ2) is 9.71. The summed E-state index contributed by atoms with van der Waals surface area (Å²) in [6.07, 6.45) is -0.804. The van der Waals surface area contributed by atoms with Crippen molar-refractivity contribution in [2.45, 2.75) is 30.4 Å². The van der Waals surface area contributed by atoms with Gasteiger partial charge in [-0.25, -0.2) is 8.42 Å². The maximum absolute atomic E-state index is 12.6. The first-order chi connectivity index (χ1) is 13.2. The fourth-order valence-electron chi connectivity index (χ4n) is 2.67. The van der Waals surface area contributed by atoms with E-state index in [1.54, 1.807) is 6.92 Å². The first-order valence-corrected chi connectivity index (χ1v) is 11.0. The molecule has 2 unspecified atom stereocenters. The lowest BCUT2D eigenvalue weighted by atomic mass is 10.0. The van der Waals surface area contributed by atoms with Crippen LogP contribution in [-0.4, -0.2) is 43.0 Å². The second-order valence-corrected chi connectivity index (χ2v) is 9.17. The molecule has 2 aromatic carbocycles. The van der Waals surface area contributed by atoms with E-state index < -0.39 is 34.5 Å². The number of carbonyl (C=O) groups excluding carboxylic acids is 1. The normalized spacial score (nSPS) is 13.8. The summed E-state index contributed by atoms with van der Waals surface area (Å²) in [4.78, 5) is 12.7. The van der Waals surface area contributed by atoms with Gasteiger partial charge in [-0.15, -0.1) is 0 Å². The molecule has 2 atom stereocenters. The zero-order chi connectivity index (χ0) is 20.9. The highest BCUT2D eigenvalue weighted by molar-refractivity contribution is 7.91. The summed E-state index contributed by atoms with van der Waals surface area (Å²) in [7, 11) is -3.38. The lowest BCUT2D eigenvalue weighted by Gasteiger charge is -2.24. The summed E-state index contributed by atoms with van der Waals surface area (Å²) in [6.45, 7) is 1.17. The minimum absolute atomic E-state index is 0.0286. The Bertz CT molecular complexity index is 932. The van der Waals surface area contributed by atoms with Crippen LogP contribution in [-0.2, 0) is 9.84 Å². The highest BCUT2D eigenvalue weighted by Crippen LogP contribution is 2.24. The molecule has 152 valence electrons. The molecule has 2 aromatic rings. The van der Waals surface area contributed by atoms with E-state index in [-0.39, 0.29) is 21.2 Å². The Morgan fingerprint density at radius 1 is 1.14 bits per heavy atom. The zero-order valence-corrected chi connectivity index (χ0v) is 17.4. The van der Waals surface area contributed by atoms with Crippen LogP contribution in [0.4, 0.5) is 0 Å². The number of nitrogens with one attached hydrogen (secondary N) is 1. The quantitative estimate of drug-likeness (QED) is 0.579. The average molecular weight is 446 g/mol. The molecule has 0 aliphatic rings. The molecule has 3 N–H and O–H groups in total. The molecule has 0 saturated carbocycles. The van der Waals surface area contributed by atoms with Crippen LogP contribution >= 0.6 is 23.2 Å². The van der Waals surface area contributed by atoms with Gasteiger partial charge in [-0.05, 0) is 42.3 Å². The molecule has 2 rings (SSSR count). The van der Waals surface area contributed by atoms with Gasteiger partial charge < -0.3 is 15.5 Å². The third-order valence-electron chi connectivity index (χ3n) is 4.11. The van der Waals surface area contributed by atoms with E-state index in [4.69, 9.17) is 23.2 Å². The van der Waals surface area contributed by atoms with E-state index >= 15 is 0 Å². The Hall–Kier alpha value is -1.64. The lowest BCUT2D eigenvalue weighted by molar-refractivity contribution is 0.0564. The van der Waals surface area contributed by atoms with Gasteiger partial charge in [0.1, 0.15) is 6.10 Å². The molecule has 0 aliphatic carbocycles. The zero-order valence-electron chi connectivity index (χ0n) is 15.1. The van der Waals surface area contributed by atoms with Crippen LogP contribution in [0.1, 0.15) is 35.3 Å². The number of rotatable bonds is 8. The molecule has 0 spiro atoms. The number of hydrogen-bond acceptors (Lipinski definition) is 5. The molecule has 0 bridgehead atoms. The summed E-state index contributed by atoms with van der Waals surface area (Å²) in [5, 5.41) is 22.6. The Labute approximate surface area is 174 Å². The van der Waals surface area contributed by atoms with Crippen molar-refractivity contribution in [2.24, 2.45) is 0 Å². The predicted octanol–water partition coefficient (Wildman–Crippen LogP) is 3.00. The van der Waals surface area contributed by atoms with Gasteiger partial charge in [0, 0.05) is 5.02 Å².